The highest BCUT2D eigenvalue weighted by molar-refractivity contribution is 7.91. The number of amides is 1. The van der Waals surface area contributed by atoms with Crippen LogP contribution in [-0.2, 0) is 9.84 Å². The highest BCUT2D eigenvalue weighted by Crippen LogP contribution is 2.28. The quantitative estimate of drug-likeness (QED) is 0.414. The number of hydrogen-bond acceptors (Lipinski definition) is 6. The molecule has 1 heterocycles. The van der Waals surface area contributed by atoms with E-state index in [2.05, 4.69) is 10.3 Å². The van der Waals surface area contributed by atoms with E-state index in [1.807, 2.05) is 6.07 Å². The van der Waals surface area contributed by atoms with Crippen LogP contribution < -0.4 is 11.1 Å². The summed E-state index contributed by atoms with van der Waals surface area (Å²) in [5, 5.41) is 11.5. The van der Waals surface area contributed by atoms with Crippen molar-refractivity contribution in [3.05, 3.63) is 102 Å². The highest BCUT2D eigenvalue weighted by atomic mass is 32.2. The van der Waals surface area contributed by atoms with Gasteiger partial charge in [-0.3, -0.25) is 4.79 Å². The molecule has 9 heteroatoms. The van der Waals surface area contributed by atoms with Crippen LogP contribution in [0.15, 0.2) is 94.9 Å². The zero-order chi connectivity index (χ0) is 24.3. The van der Waals surface area contributed by atoms with Crippen molar-refractivity contribution in [3.8, 4) is 17.2 Å². The van der Waals surface area contributed by atoms with Crippen molar-refractivity contribution < 1.29 is 17.6 Å². The van der Waals surface area contributed by atoms with Crippen molar-refractivity contribution in [2.75, 3.05) is 11.1 Å². The highest BCUT2D eigenvalue weighted by Gasteiger charge is 2.19. The number of nitrogen functional groups attached to an aromatic ring is 1. The van der Waals surface area contributed by atoms with Crippen molar-refractivity contribution in [1.29, 1.82) is 5.26 Å². The summed E-state index contributed by atoms with van der Waals surface area (Å²) < 4.78 is 38.8. The molecule has 0 aliphatic carbocycles. The number of nitrogens with zero attached hydrogens (tertiary/aromatic N) is 2. The number of pyridine rings is 1. The molecule has 0 spiro atoms. The van der Waals surface area contributed by atoms with Gasteiger partial charge in [-0.25, -0.2) is 17.8 Å². The van der Waals surface area contributed by atoms with Crippen LogP contribution in [0.3, 0.4) is 0 Å². The van der Waals surface area contributed by atoms with Gasteiger partial charge in [0.05, 0.1) is 21.2 Å². The number of carbonyl (C=O) groups excluding carboxylic acids is 1. The van der Waals surface area contributed by atoms with Crippen LogP contribution in [0.2, 0.25) is 0 Å². The minimum Gasteiger partial charge on any atom is -0.397 e. The van der Waals surface area contributed by atoms with Crippen LogP contribution >= 0.6 is 0 Å². The molecule has 0 saturated carbocycles. The Hall–Kier alpha value is -4.55. The van der Waals surface area contributed by atoms with Gasteiger partial charge in [-0.2, -0.15) is 5.26 Å². The summed E-state index contributed by atoms with van der Waals surface area (Å²) in [6, 6.07) is 20.9. The van der Waals surface area contributed by atoms with E-state index >= 15 is 0 Å². The topological polar surface area (TPSA) is 126 Å². The van der Waals surface area contributed by atoms with E-state index in [4.69, 9.17) is 11.0 Å². The minimum absolute atomic E-state index is 0.0200. The molecule has 168 valence electrons. The predicted octanol–water partition coefficient (Wildman–Crippen LogP) is 4.43. The summed E-state index contributed by atoms with van der Waals surface area (Å²) in [5.41, 5.74) is 8.53. The van der Waals surface area contributed by atoms with Crippen molar-refractivity contribution in [2.45, 2.75) is 9.79 Å². The van der Waals surface area contributed by atoms with Gasteiger partial charge >= 0.3 is 0 Å². The Kier molecular flexibility index (Phi) is 6.08. The summed E-state index contributed by atoms with van der Waals surface area (Å²) in [4.78, 5) is 16.5. The Balaban J connectivity index is 1.55. The normalized spacial score (nSPS) is 10.9. The van der Waals surface area contributed by atoms with Crippen LogP contribution in [0.1, 0.15) is 16.1 Å². The molecule has 0 radical (unpaired) electrons. The van der Waals surface area contributed by atoms with Crippen molar-refractivity contribution in [1.82, 2.24) is 4.98 Å². The van der Waals surface area contributed by atoms with E-state index in [-0.39, 0.29) is 26.9 Å². The minimum atomic E-state index is -3.86. The van der Waals surface area contributed by atoms with Gasteiger partial charge in [-0.15, -0.1) is 0 Å². The van der Waals surface area contributed by atoms with E-state index in [1.165, 1.54) is 48.5 Å². The Morgan fingerprint density at radius 2 is 1.56 bits per heavy atom. The fraction of sp³-hybridized carbons (Fsp3) is 0. The second kappa shape index (κ2) is 9.13. The fourth-order valence-corrected chi connectivity index (χ4v) is 4.41. The number of anilines is 2. The molecular weight excluding hydrogens is 455 g/mol. The molecule has 0 aliphatic rings. The van der Waals surface area contributed by atoms with Crippen molar-refractivity contribution in [3.63, 3.8) is 0 Å². The lowest BCUT2D eigenvalue weighted by atomic mass is 10.0. The molecule has 0 aliphatic heterocycles. The summed E-state index contributed by atoms with van der Waals surface area (Å²) in [7, 11) is -3.86. The van der Waals surface area contributed by atoms with E-state index < -0.39 is 15.7 Å². The van der Waals surface area contributed by atoms with Crippen molar-refractivity contribution in [2.24, 2.45) is 0 Å². The second-order valence-electron chi connectivity index (χ2n) is 7.28. The largest absolute Gasteiger partial charge is 0.397 e. The maximum Gasteiger partial charge on any atom is 0.255 e. The number of nitrogens with one attached hydrogen (secondary N) is 1. The number of nitrogens with two attached hydrogens (primary N) is 1. The Morgan fingerprint density at radius 3 is 2.18 bits per heavy atom. The first kappa shape index (κ1) is 22.6. The first-order chi connectivity index (χ1) is 16.3. The summed E-state index contributed by atoms with van der Waals surface area (Å²) >= 11 is 0. The molecule has 3 aromatic carbocycles. The molecular formula is C25H17FN4O3S. The average Bonchev–Trinajstić information content (AvgIpc) is 2.86. The molecule has 0 fully saturated rings. The van der Waals surface area contributed by atoms with Crippen LogP contribution in [0.25, 0.3) is 11.1 Å². The zero-order valence-electron chi connectivity index (χ0n) is 17.6. The lowest BCUT2D eigenvalue weighted by Gasteiger charge is -2.11. The number of rotatable bonds is 5. The molecule has 4 rings (SSSR count). The third-order valence-electron chi connectivity index (χ3n) is 5.07. The molecule has 1 aromatic heterocycles. The molecule has 0 bridgehead atoms. The molecule has 34 heavy (non-hydrogen) atoms. The first-order valence-corrected chi connectivity index (χ1v) is 11.4. The van der Waals surface area contributed by atoms with Gasteiger partial charge in [0.1, 0.15) is 17.6 Å². The Morgan fingerprint density at radius 1 is 0.912 bits per heavy atom. The molecule has 7 nitrogen and oxygen atoms in total. The number of halogens is 1. The van der Waals surface area contributed by atoms with Gasteiger partial charge in [-0.05, 0) is 71.8 Å². The summed E-state index contributed by atoms with van der Waals surface area (Å²) in [6.45, 7) is 0. The number of nitriles is 1. The van der Waals surface area contributed by atoms with Crippen molar-refractivity contribution >= 4 is 27.1 Å². The predicted molar refractivity (Wildman–Crippen MR) is 125 cm³/mol. The number of sulfone groups is 1. The van der Waals surface area contributed by atoms with E-state index in [9.17, 15) is 17.6 Å². The fourth-order valence-electron chi connectivity index (χ4n) is 3.21. The number of benzene rings is 3. The maximum absolute atomic E-state index is 13.2. The van der Waals surface area contributed by atoms with Gasteiger partial charge in [0.2, 0.25) is 9.84 Å². The number of aromatic nitrogens is 1. The smallest absolute Gasteiger partial charge is 0.255 e. The van der Waals surface area contributed by atoms with E-state index in [1.54, 1.807) is 30.3 Å². The van der Waals surface area contributed by atoms with Crippen LogP contribution in [0.4, 0.5) is 15.8 Å². The maximum atomic E-state index is 13.2. The third-order valence-corrected chi connectivity index (χ3v) is 6.82. The molecule has 0 saturated heterocycles. The standard InChI is InChI=1S/C25H17FN4O3S/c26-19-6-1-16(2-7-19)18-5-12-23(28)24(13-18)30-25(31)17-3-9-21(10-4-17)34(32,33)22-11-8-20(14-27)29-15-22/h1-13,15H,28H2,(H,30,31). The van der Waals surface area contributed by atoms with Crippen LogP contribution in [0.5, 0.6) is 0 Å². The lowest BCUT2D eigenvalue weighted by molar-refractivity contribution is 0.102. The first-order valence-electron chi connectivity index (χ1n) is 9.96. The zero-order valence-corrected chi connectivity index (χ0v) is 18.4. The van der Waals surface area contributed by atoms with Gasteiger partial charge in [-0.1, -0.05) is 18.2 Å². The van der Waals surface area contributed by atoms with Gasteiger partial charge < -0.3 is 11.1 Å². The van der Waals surface area contributed by atoms with Crippen LogP contribution in [-0.4, -0.2) is 19.3 Å². The van der Waals surface area contributed by atoms with E-state index in [0.29, 0.717) is 11.4 Å². The number of carbonyl (C=O) groups is 1. The number of hydrogen-bond donors (Lipinski definition) is 2. The molecule has 0 atom stereocenters. The monoisotopic (exact) mass is 472 g/mol. The SMILES string of the molecule is N#Cc1ccc(S(=O)(=O)c2ccc(C(=O)Nc3cc(-c4ccc(F)cc4)ccc3N)cc2)cn1. The molecule has 3 N–H and O–H groups in total. The van der Waals surface area contributed by atoms with E-state index in [0.717, 1.165) is 17.3 Å². The lowest BCUT2D eigenvalue weighted by Crippen LogP contribution is -2.13. The molecule has 4 aromatic rings. The second-order valence-corrected chi connectivity index (χ2v) is 9.23. The Labute approximate surface area is 195 Å². The summed E-state index contributed by atoms with van der Waals surface area (Å²) in [5.74, 6) is -0.833. The van der Waals surface area contributed by atoms with Gasteiger partial charge in [0, 0.05) is 11.8 Å². The van der Waals surface area contributed by atoms with Gasteiger partial charge in [0.25, 0.3) is 5.91 Å². The van der Waals surface area contributed by atoms with Gasteiger partial charge in [0.15, 0.2) is 0 Å². The average molecular weight is 473 g/mol. The molecule has 0 unspecified atom stereocenters. The van der Waals surface area contributed by atoms with Crippen LogP contribution in [0, 0.1) is 17.1 Å². The molecule has 1 amide bonds. The summed E-state index contributed by atoms with van der Waals surface area (Å²) in [6.07, 6.45) is 1.12. The third kappa shape index (κ3) is 4.62. The Bertz CT molecular complexity index is 1510.